The van der Waals surface area contributed by atoms with Gasteiger partial charge in [-0.05, 0) is 96.7 Å². The van der Waals surface area contributed by atoms with Gasteiger partial charge in [0.2, 0.25) is 0 Å². The zero-order valence-electron chi connectivity index (χ0n) is 22.7. The Balaban J connectivity index is 1.45. The molecule has 2 aromatic rings. The monoisotopic (exact) mass is 482 g/mol. The second kappa shape index (κ2) is 12.8. The maximum atomic E-state index is 11.2. The quantitative estimate of drug-likeness (QED) is 0.452. The second-order valence-corrected chi connectivity index (χ2v) is 10.8. The summed E-state index contributed by atoms with van der Waals surface area (Å²) in [6.45, 7) is 17.8. The van der Waals surface area contributed by atoms with Crippen molar-refractivity contribution in [3.63, 3.8) is 0 Å². The molecule has 3 rings (SSSR count). The molecule has 0 radical (unpaired) electrons. The average molecular weight is 483 g/mol. The highest BCUT2D eigenvalue weighted by Gasteiger charge is 2.31. The third kappa shape index (κ3) is 8.52. The van der Waals surface area contributed by atoms with Crippen LogP contribution in [0.1, 0.15) is 63.6 Å². The van der Waals surface area contributed by atoms with Crippen LogP contribution in [-0.2, 0) is 6.54 Å². The van der Waals surface area contributed by atoms with Gasteiger partial charge in [0.15, 0.2) is 0 Å². The van der Waals surface area contributed by atoms with Crippen LogP contribution in [0, 0.1) is 13.8 Å². The lowest BCUT2D eigenvalue weighted by atomic mass is 9.96. The summed E-state index contributed by atoms with van der Waals surface area (Å²) in [5, 5.41) is 11.2. The van der Waals surface area contributed by atoms with Crippen molar-refractivity contribution in [3.8, 4) is 11.5 Å². The Bertz CT molecular complexity index is 904. The van der Waals surface area contributed by atoms with Gasteiger partial charge in [0.05, 0.1) is 5.60 Å². The van der Waals surface area contributed by atoms with Crippen molar-refractivity contribution in [1.29, 1.82) is 0 Å². The molecule has 0 saturated carbocycles. The predicted molar refractivity (Wildman–Crippen MR) is 144 cm³/mol. The molecular weight excluding hydrogens is 436 g/mol. The maximum absolute atomic E-state index is 11.2. The predicted octanol–water partition coefficient (Wildman–Crippen LogP) is 5.60. The normalized spacial score (nSPS) is 19.4. The SMILES string of the molecule is Cc1ccc(OC[C@]2(O)CCCN(Cc3ccc(OCCN(C(C)C)C(C)C)cc3)CC2)c(C)c1. The molecule has 0 spiro atoms. The molecule has 1 N–H and O–H groups in total. The van der Waals surface area contributed by atoms with E-state index in [2.05, 4.69) is 87.7 Å². The summed E-state index contributed by atoms with van der Waals surface area (Å²) in [5.74, 6) is 1.79. The van der Waals surface area contributed by atoms with Gasteiger partial charge < -0.3 is 14.6 Å². The summed E-state index contributed by atoms with van der Waals surface area (Å²) >= 11 is 0. The van der Waals surface area contributed by atoms with E-state index < -0.39 is 5.60 Å². The van der Waals surface area contributed by atoms with E-state index in [1.54, 1.807) is 0 Å². The van der Waals surface area contributed by atoms with Crippen LogP contribution in [0.2, 0.25) is 0 Å². The first-order chi connectivity index (χ1) is 16.6. The van der Waals surface area contributed by atoms with E-state index in [-0.39, 0.29) is 0 Å². The lowest BCUT2D eigenvalue weighted by molar-refractivity contribution is -0.0170. The van der Waals surface area contributed by atoms with Gasteiger partial charge in [-0.25, -0.2) is 0 Å². The van der Waals surface area contributed by atoms with Crippen molar-refractivity contribution in [3.05, 3.63) is 59.2 Å². The maximum Gasteiger partial charge on any atom is 0.122 e. The molecular formula is C30H46N2O3. The molecule has 0 aromatic heterocycles. The van der Waals surface area contributed by atoms with E-state index in [4.69, 9.17) is 9.47 Å². The summed E-state index contributed by atoms with van der Waals surface area (Å²) < 4.78 is 12.0. The number of nitrogens with zero attached hydrogens (tertiary/aromatic N) is 2. The van der Waals surface area contributed by atoms with Crippen LogP contribution in [0.4, 0.5) is 0 Å². The molecule has 35 heavy (non-hydrogen) atoms. The topological polar surface area (TPSA) is 45.2 Å². The molecule has 1 aliphatic heterocycles. The molecule has 1 heterocycles. The fourth-order valence-corrected chi connectivity index (χ4v) is 5.04. The summed E-state index contributed by atoms with van der Waals surface area (Å²) in [4.78, 5) is 4.88. The highest BCUT2D eigenvalue weighted by molar-refractivity contribution is 5.35. The molecule has 1 fully saturated rings. The first kappa shape index (κ1) is 27.5. The van der Waals surface area contributed by atoms with Crippen molar-refractivity contribution in [2.75, 3.05) is 32.8 Å². The van der Waals surface area contributed by atoms with E-state index in [9.17, 15) is 5.11 Å². The van der Waals surface area contributed by atoms with Crippen LogP contribution >= 0.6 is 0 Å². The zero-order valence-corrected chi connectivity index (χ0v) is 22.7. The van der Waals surface area contributed by atoms with Gasteiger partial charge >= 0.3 is 0 Å². The van der Waals surface area contributed by atoms with Crippen LogP contribution in [0.15, 0.2) is 42.5 Å². The van der Waals surface area contributed by atoms with Crippen molar-refractivity contribution >= 4 is 0 Å². The van der Waals surface area contributed by atoms with E-state index in [1.165, 1.54) is 11.1 Å². The first-order valence-corrected chi connectivity index (χ1v) is 13.3. The molecule has 194 valence electrons. The van der Waals surface area contributed by atoms with Crippen LogP contribution in [0.3, 0.4) is 0 Å². The highest BCUT2D eigenvalue weighted by atomic mass is 16.5. The zero-order chi connectivity index (χ0) is 25.4. The Morgan fingerprint density at radius 2 is 1.66 bits per heavy atom. The summed E-state index contributed by atoms with van der Waals surface area (Å²) in [5.41, 5.74) is 2.85. The minimum Gasteiger partial charge on any atom is -0.492 e. The second-order valence-electron chi connectivity index (χ2n) is 10.8. The first-order valence-electron chi connectivity index (χ1n) is 13.3. The number of hydrogen-bond acceptors (Lipinski definition) is 5. The summed E-state index contributed by atoms with van der Waals surface area (Å²) in [7, 11) is 0. The molecule has 1 atom stereocenters. The molecule has 0 aliphatic carbocycles. The third-order valence-corrected chi connectivity index (χ3v) is 7.11. The van der Waals surface area contributed by atoms with E-state index in [0.717, 1.165) is 62.5 Å². The molecule has 2 aromatic carbocycles. The third-order valence-electron chi connectivity index (χ3n) is 7.11. The number of ether oxygens (including phenoxy) is 2. The van der Waals surface area contributed by atoms with Crippen LogP contribution < -0.4 is 9.47 Å². The van der Waals surface area contributed by atoms with Crippen LogP contribution in [0.25, 0.3) is 0 Å². The van der Waals surface area contributed by atoms with Gasteiger partial charge in [0.25, 0.3) is 0 Å². The molecule has 0 amide bonds. The Morgan fingerprint density at radius 1 is 0.943 bits per heavy atom. The number of likely N-dealkylation sites (tertiary alicyclic amines) is 1. The van der Waals surface area contributed by atoms with Gasteiger partial charge in [-0.1, -0.05) is 29.8 Å². The lowest BCUT2D eigenvalue weighted by Crippen LogP contribution is -2.39. The van der Waals surface area contributed by atoms with Crippen LogP contribution in [0.5, 0.6) is 11.5 Å². The van der Waals surface area contributed by atoms with E-state index >= 15 is 0 Å². The molecule has 1 saturated heterocycles. The van der Waals surface area contributed by atoms with E-state index in [0.29, 0.717) is 25.3 Å². The average Bonchev–Trinajstić information content (AvgIpc) is 2.98. The van der Waals surface area contributed by atoms with Gasteiger partial charge in [0, 0.05) is 31.7 Å². The number of aryl methyl sites for hydroxylation is 2. The largest absolute Gasteiger partial charge is 0.492 e. The molecule has 5 nitrogen and oxygen atoms in total. The smallest absolute Gasteiger partial charge is 0.122 e. The van der Waals surface area contributed by atoms with E-state index in [1.807, 2.05) is 6.07 Å². The molecule has 5 heteroatoms. The van der Waals surface area contributed by atoms with Gasteiger partial charge in [0.1, 0.15) is 24.7 Å². The fourth-order valence-electron chi connectivity index (χ4n) is 5.04. The van der Waals surface area contributed by atoms with Gasteiger partial charge in [-0.3, -0.25) is 9.80 Å². The van der Waals surface area contributed by atoms with Crippen molar-refractivity contribution in [1.82, 2.24) is 9.80 Å². The fraction of sp³-hybridized carbons (Fsp3) is 0.600. The Kier molecular flexibility index (Phi) is 10.0. The minimum atomic E-state index is -0.774. The Labute approximate surface area is 213 Å². The number of hydrogen-bond donors (Lipinski definition) is 1. The molecule has 1 aliphatic rings. The summed E-state index contributed by atoms with van der Waals surface area (Å²) in [6, 6.07) is 15.7. The van der Waals surface area contributed by atoms with Crippen molar-refractivity contribution in [2.45, 2.75) is 85.0 Å². The minimum absolute atomic E-state index is 0.349. The number of aliphatic hydroxyl groups is 1. The Hall–Kier alpha value is -2.08. The molecule has 0 bridgehead atoms. The van der Waals surface area contributed by atoms with Gasteiger partial charge in [-0.15, -0.1) is 0 Å². The van der Waals surface area contributed by atoms with Crippen LogP contribution in [-0.4, -0.2) is 65.4 Å². The highest BCUT2D eigenvalue weighted by Crippen LogP contribution is 2.27. The lowest BCUT2D eigenvalue weighted by Gasteiger charge is -2.30. The molecule has 0 unspecified atom stereocenters. The van der Waals surface area contributed by atoms with Gasteiger partial charge in [-0.2, -0.15) is 0 Å². The standard InChI is InChI=1S/C30H46N2O3/c1-23(2)32(24(3)4)18-19-34-28-11-9-27(10-12-28)21-31-16-7-14-30(33,15-17-31)22-35-29-13-8-25(5)20-26(29)6/h8-13,20,23-24,33H,7,14-19,21-22H2,1-6H3/t30-/m0/s1. The van der Waals surface area contributed by atoms with Crippen molar-refractivity contribution < 1.29 is 14.6 Å². The number of benzene rings is 2. The number of rotatable bonds is 11. The Morgan fingerprint density at radius 3 is 2.31 bits per heavy atom. The summed E-state index contributed by atoms with van der Waals surface area (Å²) in [6.07, 6.45) is 2.46. The van der Waals surface area contributed by atoms with Crippen molar-refractivity contribution in [2.24, 2.45) is 0 Å².